The Bertz CT molecular complexity index is 1130. The van der Waals surface area contributed by atoms with Gasteiger partial charge in [0, 0.05) is 18.7 Å². The summed E-state index contributed by atoms with van der Waals surface area (Å²) in [5.41, 5.74) is 0.152. The van der Waals surface area contributed by atoms with Crippen LogP contribution >= 0.6 is 0 Å². The van der Waals surface area contributed by atoms with Crippen molar-refractivity contribution in [2.45, 2.75) is 37.8 Å². The third-order valence-corrected chi connectivity index (χ3v) is 5.88. The van der Waals surface area contributed by atoms with Gasteiger partial charge in [-0.05, 0) is 31.7 Å². The SMILES string of the molecule is COc1cc(-c2ncc(F)c(N(C)CC3(OC=O)CCCC3)n2)nn1Cc1ccccc1F. The molecular formula is C23H25F2N5O3. The highest BCUT2D eigenvalue weighted by atomic mass is 19.1. The number of halogens is 2. The average molecular weight is 457 g/mol. The van der Waals surface area contributed by atoms with E-state index >= 15 is 0 Å². The average Bonchev–Trinajstić information content (AvgIpc) is 3.43. The number of aromatic nitrogens is 4. The molecule has 0 aliphatic heterocycles. The van der Waals surface area contributed by atoms with Gasteiger partial charge in [-0.1, -0.05) is 18.2 Å². The zero-order chi connectivity index (χ0) is 23.4. The van der Waals surface area contributed by atoms with Crippen molar-refractivity contribution in [3.05, 3.63) is 53.7 Å². The fourth-order valence-electron chi connectivity index (χ4n) is 4.27. The van der Waals surface area contributed by atoms with Crippen LogP contribution in [0.3, 0.4) is 0 Å². The van der Waals surface area contributed by atoms with Crippen LogP contribution in [0.2, 0.25) is 0 Å². The molecule has 0 amide bonds. The summed E-state index contributed by atoms with van der Waals surface area (Å²) in [5, 5.41) is 4.45. The maximum atomic E-state index is 14.6. The van der Waals surface area contributed by atoms with Crippen molar-refractivity contribution in [1.29, 1.82) is 0 Å². The Hall–Kier alpha value is -3.56. The Kier molecular flexibility index (Phi) is 6.52. The summed E-state index contributed by atoms with van der Waals surface area (Å²) in [6, 6.07) is 8.02. The molecule has 10 heteroatoms. The minimum Gasteiger partial charge on any atom is -0.481 e. The number of nitrogens with zero attached hydrogens (tertiary/aromatic N) is 5. The molecule has 0 saturated heterocycles. The number of rotatable bonds is 9. The van der Waals surface area contributed by atoms with E-state index in [4.69, 9.17) is 9.47 Å². The summed E-state index contributed by atoms with van der Waals surface area (Å²) in [6.07, 6.45) is 4.40. The summed E-state index contributed by atoms with van der Waals surface area (Å²) >= 11 is 0. The molecular weight excluding hydrogens is 432 g/mol. The number of hydrogen-bond acceptors (Lipinski definition) is 7. The molecule has 8 nitrogen and oxygen atoms in total. The first-order valence-corrected chi connectivity index (χ1v) is 10.7. The van der Waals surface area contributed by atoms with Gasteiger partial charge in [-0.3, -0.25) is 4.79 Å². The quantitative estimate of drug-likeness (QED) is 0.454. The standard InChI is InChI=1S/C23H25F2N5O3/c1-29(14-23(33-15-31)9-5-6-10-23)22-18(25)12-26-21(27-22)19-11-20(32-2)30(28-19)13-16-7-3-4-8-17(16)24/h3-4,7-8,11-12,15H,5-6,9-10,13-14H2,1-2H3. The number of anilines is 1. The molecule has 0 radical (unpaired) electrons. The Labute approximate surface area is 190 Å². The second kappa shape index (κ2) is 9.51. The molecule has 0 atom stereocenters. The van der Waals surface area contributed by atoms with E-state index in [-0.39, 0.29) is 24.0 Å². The van der Waals surface area contributed by atoms with Gasteiger partial charge in [-0.2, -0.15) is 5.10 Å². The molecule has 1 aromatic carbocycles. The molecule has 2 aromatic heterocycles. The van der Waals surface area contributed by atoms with Crippen LogP contribution in [0.25, 0.3) is 11.5 Å². The molecule has 1 aliphatic carbocycles. The van der Waals surface area contributed by atoms with Crippen molar-refractivity contribution in [3.63, 3.8) is 0 Å². The van der Waals surface area contributed by atoms with Gasteiger partial charge in [-0.15, -0.1) is 0 Å². The van der Waals surface area contributed by atoms with E-state index in [1.807, 2.05) is 0 Å². The van der Waals surface area contributed by atoms with Gasteiger partial charge < -0.3 is 14.4 Å². The van der Waals surface area contributed by atoms with Crippen LogP contribution in [0.5, 0.6) is 5.88 Å². The molecule has 0 N–H and O–H groups in total. The fourth-order valence-corrected chi connectivity index (χ4v) is 4.27. The van der Waals surface area contributed by atoms with Crippen LogP contribution < -0.4 is 9.64 Å². The lowest BCUT2D eigenvalue weighted by atomic mass is 10.0. The van der Waals surface area contributed by atoms with Gasteiger partial charge in [0.2, 0.25) is 5.88 Å². The van der Waals surface area contributed by atoms with Crippen LogP contribution in [-0.2, 0) is 16.1 Å². The first-order valence-electron chi connectivity index (χ1n) is 10.7. The van der Waals surface area contributed by atoms with E-state index in [1.165, 1.54) is 17.9 Å². The normalized spacial score (nSPS) is 14.8. The molecule has 3 aromatic rings. The number of ether oxygens (including phenoxy) is 2. The van der Waals surface area contributed by atoms with Crippen LogP contribution in [0, 0.1) is 11.6 Å². The van der Waals surface area contributed by atoms with E-state index in [2.05, 4.69) is 15.1 Å². The predicted molar refractivity (Wildman–Crippen MR) is 117 cm³/mol. The third kappa shape index (κ3) is 4.79. The van der Waals surface area contributed by atoms with Crippen molar-refractivity contribution in [1.82, 2.24) is 19.7 Å². The lowest BCUT2D eigenvalue weighted by Crippen LogP contribution is -2.42. The zero-order valence-electron chi connectivity index (χ0n) is 18.5. The summed E-state index contributed by atoms with van der Waals surface area (Å²) in [7, 11) is 3.18. The van der Waals surface area contributed by atoms with Gasteiger partial charge in [0.05, 0.1) is 26.4 Å². The second-order valence-corrected chi connectivity index (χ2v) is 8.15. The van der Waals surface area contributed by atoms with Crippen LogP contribution in [0.4, 0.5) is 14.6 Å². The number of hydrogen-bond donors (Lipinski definition) is 0. The third-order valence-electron chi connectivity index (χ3n) is 5.88. The maximum absolute atomic E-state index is 14.6. The Balaban J connectivity index is 1.61. The predicted octanol–water partition coefficient (Wildman–Crippen LogP) is 3.60. The molecule has 4 rings (SSSR count). The van der Waals surface area contributed by atoms with E-state index in [9.17, 15) is 13.6 Å². The lowest BCUT2D eigenvalue weighted by molar-refractivity contribution is -0.142. The highest BCUT2D eigenvalue weighted by molar-refractivity contribution is 5.55. The highest BCUT2D eigenvalue weighted by Crippen LogP contribution is 2.34. The van der Waals surface area contributed by atoms with E-state index in [1.54, 1.807) is 36.2 Å². The molecule has 0 spiro atoms. The van der Waals surface area contributed by atoms with Crippen molar-refractivity contribution in [3.8, 4) is 17.4 Å². The minimum absolute atomic E-state index is 0.0726. The number of carbonyl (C=O) groups excluding carboxylic acids is 1. The number of likely N-dealkylation sites (N-methyl/N-ethyl adjacent to an activating group) is 1. The second-order valence-electron chi connectivity index (χ2n) is 8.15. The molecule has 2 heterocycles. The fraction of sp³-hybridized carbons (Fsp3) is 0.391. The maximum Gasteiger partial charge on any atom is 0.293 e. The zero-order valence-corrected chi connectivity index (χ0v) is 18.5. The molecule has 1 fully saturated rings. The van der Waals surface area contributed by atoms with Gasteiger partial charge in [-0.25, -0.2) is 23.4 Å². The molecule has 174 valence electrons. The molecule has 1 aliphatic rings. The van der Waals surface area contributed by atoms with Crippen LogP contribution in [0.1, 0.15) is 31.2 Å². The molecule has 0 bridgehead atoms. The number of benzene rings is 1. The topological polar surface area (TPSA) is 82.4 Å². The van der Waals surface area contributed by atoms with Gasteiger partial charge in [0.25, 0.3) is 6.47 Å². The molecule has 1 saturated carbocycles. The largest absolute Gasteiger partial charge is 0.481 e. The molecule has 0 unspecified atom stereocenters. The highest BCUT2D eigenvalue weighted by Gasteiger charge is 2.37. The Morgan fingerprint density at radius 3 is 2.67 bits per heavy atom. The first-order chi connectivity index (χ1) is 15.9. The van der Waals surface area contributed by atoms with Crippen molar-refractivity contribution in [2.24, 2.45) is 0 Å². The van der Waals surface area contributed by atoms with E-state index in [0.29, 0.717) is 43.0 Å². The first kappa shape index (κ1) is 22.6. The Morgan fingerprint density at radius 2 is 1.97 bits per heavy atom. The Morgan fingerprint density at radius 1 is 1.21 bits per heavy atom. The summed E-state index contributed by atoms with van der Waals surface area (Å²) < 4.78 is 41.0. The number of carbonyl (C=O) groups is 1. The van der Waals surface area contributed by atoms with Gasteiger partial charge in [0.15, 0.2) is 17.5 Å². The minimum atomic E-state index is -0.654. The monoisotopic (exact) mass is 457 g/mol. The van der Waals surface area contributed by atoms with Crippen LogP contribution in [0.15, 0.2) is 36.5 Å². The summed E-state index contributed by atoms with van der Waals surface area (Å²) in [5.74, 6) is -0.292. The van der Waals surface area contributed by atoms with Crippen LogP contribution in [-0.4, -0.2) is 52.5 Å². The van der Waals surface area contributed by atoms with Gasteiger partial charge >= 0.3 is 0 Å². The smallest absolute Gasteiger partial charge is 0.293 e. The van der Waals surface area contributed by atoms with Gasteiger partial charge in [0.1, 0.15) is 17.1 Å². The van der Waals surface area contributed by atoms with Crippen molar-refractivity contribution < 1.29 is 23.0 Å². The lowest BCUT2D eigenvalue weighted by Gasteiger charge is -2.32. The van der Waals surface area contributed by atoms with Crippen molar-refractivity contribution in [2.75, 3.05) is 25.6 Å². The molecule has 33 heavy (non-hydrogen) atoms. The summed E-state index contributed by atoms with van der Waals surface area (Å²) in [4.78, 5) is 21.1. The van der Waals surface area contributed by atoms with E-state index < -0.39 is 11.4 Å². The summed E-state index contributed by atoms with van der Waals surface area (Å²) in [6.45, 7) is 0.912. The number of methoxy groups -OCH3 is 1. The van der Waals surface area contributed by atoms with E-state index in [0.717, 1.165) is 19.0 Å². The van der Waals surface area contributed by atoms with Crippen molar-refractivity contribution >= 4 is 12.3 Å².